The molecular formula is C12H29N3O6. The second-order valence-corrected chi connectivity index (χ2v) is 4.18. The van der Waals surface area contributed by atoms with Crippen molar-refractivity contribution in [1.82, 2.24) is 10.4 Å². The molecule has 0 saturated carbocycles. The number of likely N-dealkylation sites (N-methyl/N-ethyl adjacent to an activating group) is 2. The zero-order valence-corrected chi connectivity index (χ0v) is 12.4. The molecule has 6 N–H and O–H groups in total. The maximum Gasteiger partial charge on any atom is 0.334 e. The number of carbonyl (C=O) groups excluding carboxylic acids is 1. The van der Waals surface area contributed by atoms with Gasteiger partial charge in [0.25, 0.3) is 5.91 Å². The van der Waals surface area contributed by atoms with E-state index in [1.165, 1.54) is 14.2 Å². The van der Waals surface area contributed by atoms with E-state index in [-0.39, 0.29) is 7.43 Å². The van der Waals surface area contributed by atoms with Gasteiger partial charge >= 0.3 is 5.97 Å². The molecule has 0 spiro atoms. The Bertz CT molecular complexity index is 301. The van der Waals surface area contributed by atoms with Gasteiger partial charge in [0.2, 0.25) is 0 Å². The van der Waals surface area contributed by atoms with Crippen LogP contribution >= 0.6 is 0 Å². The average Bonchev–Trinajstić information content (AvgIpc) is 2.43. The van der Waals surface area contributed by atoms with Gasteiger partial charge in [-0.3, -0.25) is 9.63 Å². The molecule has 128 valence electrons. The van der Waals surface area contributed by atoms with Gasteiger partial charge in [-0.05, 0) is 20.9 Å². The number of carboxylic acids is 1. The van der Waals surface area contributed by atoms with Crippen LogP contribution in [0.25, 0.3) is 0 Å². The molecule has 0 rings (SSSR count). The normalized spacial score (nSPS) is 15.4. The lowest BCUT2D eigenvalue weighted by Gasteiger charge is -2.19. The molecule has 0 aliphatic rings. The zero-order chi connectivity index (χ0) is 16.5. The van der Waals surface area contributed by atoms with Crippen molar-refractivity contribution >= 4 is 11.9 Å². The maximum absolute atomic E-state index is 11.0. The highest BCUT2D eigenvalue weighted by Gasteiger charge is 2.22. The Morgan fingerprint density at radius 1 is 1.24 bits per heavy atom. The summed E-state index contributed by atoms with van der Waals surface area (Å²) in [6.07, 6.45) is -2.50. The molecule has 4 unspecified atom stereocenters. The number of carboxylic acid groups (broad SMARTS) is 1. The van der Waals surface area contributed by atoms with Crippen LogP contribution in [0.4, 0.5) is 0 Å². The third-order valence-corrected chi connectivity index (χ3v) is 2.52. The van der Waals surface area contributed by atoms with Crippen molar-refractivity contribution in [2.24, 2.45) is 5.73 Å². The van der Waals surface area contributed by atoms with E-state index in [1.807, 2.05) is 0 Å². The molecule has 0 aliphatic carbocycles. The molecular weight excluding hydrogens is 282 g/mol. The number of nitrogens with two attached hydrogens (primary N) is 1. The van der Waals surface area contributed by atoms with Crippen molar-refractivity contribution in [2.45, 2.75) is 45.6 Å². The average molecular weight is 311 g/mol. The summed E-state index contributed by atoms with van der Waals surface area (Å²) < 4.78 is 0. The van der Waals surface area contributed by atoms with Gasteiger partial charge in [0, 0.05) is 19.1 Å². The monoisotopic (exact) mass is 311 g/mol. The van der Waals surface area contributed by atoms with Gasteiger partial charge in [-0.25, -0.2) is 9.86 Å². The van der Waals surface area contributed by atoms with E-state index in [1.54, 1.807) is 20.9 Å². The second kappa shape index (κ2) is 12.5. The van der Waals surface area contributed by atoms with Crippen LogP contribution < -0.4 is 11.1 Å². The Kier molecular flexibility index (Phi) is 14.7. The van der Waals surface area contributed by atoms with Gasteiger partial charge in [0.15, 0.2) is 6.10 Å². The van der Waals surface area contributed by atoms with E-state index >= 15 is 0 Å². The number of carbonyl (C=O) groups is 2. The largest absolute Gasteiger partial charge is 0.479 e. The van der Waals surface area contributed by atoms with Crippen molar-refractivity contribution in [3.8, 4) is 0 Å². The lowest BCUT2D eigenvalue weighted by molar-refractivity contribution is -0.178. The summed E-state index contributed by atoms with van der Waals surface area (Å²) in [6.45, 7) is 3.14. The van der Waals surface area contributed by atoms with E-state index in [4.69, 9.17) is 21.1 Å². The van der Waals surface area contributed by atoms with Gasteiger partial charge in [-0.15, -0.1) is 0 Å². The quantitative estimate of drug-likeness (QED) is 0.368. The van der Waals surface area contributed by atoms with Crippen molar-refractivity contribution < 1.29 is 29.7 Å². The Hall–Kier alpha value is -1.26. The fourth-order valence-corrected chi connectivity index (χ4v) is 0.873. The molecule has 0 radical (unpaired) electrons. The van der Waals surface area contributed by atoms with Crippen molar-refractivity contribution in [1.29, 1.82) is 0 Å². The minimum Gasteiger partial charge on any atom is -0.479 e. The Balaban J connectivity index is -0.000000300. The molecule has 0 saturated heterocycles. The zero-order valence-electron chi connectivity index (χ0n) is 12.4. The number of hydrogen-bond acceptors (Lipinski definition) is 7. The Morgan fingerprint density at radius 2 is 1.67 bits per heavy atom. The highest BCUT2D eigenvalue weighted by molar-refractivity contribution is 5.80. The van der Waals surface area contributed by atoms with Crippen molar-refractivity contribution in [3.05, 3.63) is 0 Å². The van der Waals surface area contributed by atoms with Gasteiger partial charge in [0.1, 0.15) is 6.10 Å². The highest BCUT2D eigenvalue weighted by Crippen LogP contribution is 1.95. The van der Waals surface area contributed by atoms with E-state index in [2.05, 4.69) is 10.2 Å². The Morgan fingerprint density at radius 3 is 1.86 bits per heavy atom. The third-order valence-electron chi connectivity index (χ3n) is 2.52. The molecule has 0 aliphatic heterocycles. The topological polar surface area (TPSA) is 145 Å². The first kappa shape index (κ1) is 24.7. The maximum atomic E-state index is 11.0. The van der Waals surface area contributed by atoms with Crippen LogP contribution in [0.2, 0.25) is 0 Å². The van der Waals surface area contributed by atoms with Crippen LogP contribution in [-0.4, -0.2) is 77.8 Å². The summed E-state index contributed by atoms with van der Waals surface area (Å²) in [4.78, 5) is 25.5. The number of nitrogens with one attached hydrogen (secondary N) is 1. The lowest BCUT2D eigenvalue weighted by Crippen LogP contribution is -2.45. The lowest BCUT2D eigenvalue weighted by atomic mass is 10.2. The molecule has 0 aromatic heterocycles. The number of nitrogens with zero attached hydrogens (tertiary/aromatic N) is 1. The standard InChI is InChI=1S/C6H14N2O3.C5H11NO3.CH4/c1-4(7)5(9)6(10)8(2)11-3;1-3(6-2)4(7)5(8)9;/h4-5,9H,7H2,1-3H3;3-4,6-7H,1-2H3,(H,8,9);1H4. The molecule has 21 heavy (non-hydrogen) atoms. The summed E-state index contributed by atoms with van der Waals surface area (Å²) in [5.74, 6) is -1.74. The van der Waals surface area contributed by atoms with Crippen LogP contribution in [0.3, 0.4) is 0 Å². The van der Waals surface area contributed by atoms with Crippen LogP contribution in [0.5, 0.6) is 0 Å². The Labute approximate surface area is 125 Å². The van der Waals surface area contributed by atoms with E-state index in [0.717, 1.165) is 5.06 Å². The van der Waals surface area contributed by atoms with Gasteiger partial charge in [-0.1, -0.05) is 7.43 Å². The van der Waals surface area contributed by atoms with Gasteiger partial charge < -0.3 is 26.4 Å². The number of hydrogen-bond donors (Lipinski definition) is 5. The van der Waals surface area contributed by atoms with Crippen LogP contribution in [-0.2, 0) is 14.4 Å². The molecule has 9 heteroatoms. The SMILES string of the molecule is C.CNC(C)C(O)C(=O)O.CON(C)C(=O)C(O)C(C)N. The molecule has 0 bridgehead atoms. The predicted octanol–water partition coefficient (Wildman–Crippen LogP) is -1.61. The van der Waals surface area contributed by atoms with Gasteiger partial charge in [-0.2, -0.15) is 0 Å². The number of rotatable bonds is 6. The van der Waals surface area contributed by atoms with Crippen molar-refractivity contribution in [3.63, 3.8) is 0 Å². The first-order valence-electron chi connectivity index (χ1n) is 5.93. The molecule has 0 fully saturated rings. The molecule has 0 heterocycles. The number of aliphatic hydroxyl groups excluding tert-OH is 2. The number of hydroxylamine groups is 2. The minimum absolute atomic E-state index is 0. The first-order valence-corrected chi connectivity index (χ1v) is 5.93. The summed E-state index contributed by atoms with van der Waals surface area (Å²) in [5, 5.41) is 29.6. The highest BCUT2D eigenvalue weighted by atomic mass is 16.7. The molecule has 9 nitrogen and oxygen atoms in total. The fourth-order valence-electron chi connectivity index (χ4n) is 0.873. The first-order chi connectivity index (χ1) is 9.09. The summed E-state index contributed by atoms with van der Waals surface area (Å²) in [5.41, 5.74) is 5.28. The number of amides is 1. The summed E-state index contributed by atoms with van der Waals surface area (Å²) in [6, 6.07) is -0.984. The third kappa shape index (κ3) is 10.2. The summed E-state index contributed by atoms with van der Waals surface area (Å²) in [7, 11) is 4.34. The van der Waals surface area contributed by atoms with Crippen LogP contribution in [0.15, 0.2) is 0 Å². The smallest absolute Gasteiger partial charge is 0.334 e. The van der Waals surface area contributed by atoms with Crippen LogP contribution in [0, 0.1) is 0 Å². The number of aliphatic carboxylic acids is 1. The molecule has 4 atom stereocenters. The summed E-state index contributed by atoms with van der Waals surface area (Å²) >= 11 is 0. The van der Waals surface area contributed by atoms with Crippen LogP contribution in [0.1, 0.15) is 21.3 Å². The predicted molar refractivity (Wildman–Crippen MR) is 78.3 cm³/mol. The second-order valence-electron chi connectivity index (χ2n) is 4.18. The fraction of sp³-hybridized carbons (Fsp3) is 0.833. The van der Waals surface area contributed by atoms with Crippen molar-refractivity contribution in [2.75, 3.05) is 21.2 Å². The molecule has 0 aromatic carbocycles. The number of aliphatic hydroxyl groups is 2. The van der Waals surface area contributed by atoms with E-state index in [0.29, 0.717) is 0 Å². The van der Waals surface area contributed by atoms with E-state index < -0.39 is 36.2 Å². The van der Waals surface area contributed by atoms with Gasteiger partial charge in [0.05, 0.1) is 7.11 Å². The van der Waals surface area contributed by atoms with E-state index in [9.17, 15) is 9.59 Å². The minimum atomic E-state index is -1.31. The molecule has 1 amide bonds. The molecule has 0 aromatic rings.